The summed E-state index contributed by atoms with van der Waals surface area (Å²) in [5.74, 6) is -0.0971. The number of ether oxygens (including phenoxy) is 2. The molecule has 1 aromatic rings. The molecule has 2 fully saturated rings. The molecule has 3 atom stereocenters. The highest BCUT2D eigenvalue weighted by atomic mass is 35.5. The Hall–Kier alpha value is -1.36. The predicted molar refractivity (Wildman–Crippen MR) is 85.7 cm³/mol. The number of amides is 1. The highest BCUT2D eigenvalue weighted by molar-refractivity contribution is 6.32. The maximum atomic E-state index is 12.0. The summed E-state index contributed by atoms with van der Waals surface area (Å²) in [5, 5.41) is 3.68. The van der Waals surface area contributed by atoms with E-state index < -0.39 is 0 Å². The van der Waals surface area contributed by atoms with Crippen LogP contribution in [0, 0.1) is 0 Å². The summed E-state index contributed by atoms with van der Waals surface area (Å²) in [5.41, 5.74) is 0.840. The molecule has 0 spiro atoms. The van der Waals surface area contributed by atoms with Crippen LogP contribution in [0.15, 0.2) is 30.3 Å². The van der Waals surface area contributed by atoms with Gasteiger partial charge >= 0.3 is 0 Å². The van der Waals surface area contributed by atoms with Crippen molar-refractivity contribution in [3.63, 3.8) is 0 Å². The number of benzene rings is 1. The molecule has 1 aliphatic carbocycles. The van der Waals surface area contributed by atoms with Gasteiger partial charge in [0.2, 0.25) is 5.91 Å². The van der Waals surface area contributed by atoms with E-state index in [9.17, 15) is 4.79 Å². The third-order valence-electron chi connectivity index (χ3n) is 4.14. The summed E-state index contributed by atoms with van der Waals surface area (Å²) < 4.78 is 11.4. The van der Waals surface area contributed by atoms with Crippen molar-refractivity contribution in [3.05, 3.63) is 40.9 Å². The fourth-order valence-corrected chi connectivity index (χ4v) is 3.22. The molecule has 22 heavy (non-hydrogen) atoms. The molecule has 0 radical (unpaired) electrons. The fraction of sp³-hybridized carbons (Fsp3) is 0.471. The molecular formula is C17H20ClNO3. The van der Waals surface area contributed by atoms with Crippen LogP contribution in [0.2, 0.25) is 5.02 Å². The molecule has 0 aromatic heterocycles. The van der Waals surface area contributed by atoms with Crippen LogP contribution in [-0.2, 0) is 14.3 Å². The average Bonchev–Trinajstić information content (AvgIpc) is 2.54. The second kappa shape index (κ2) is 7.27. The van der Waals surface area contributed by atoms with E-state index in [2.05, 4.69) is 5.32 Å². The summed E-state index contributed by atoms with van der Waals surface area (Å²) >= 11 is 6.06. The lowest BCUT2D eigenvalue weighted by atomic mass is 9.89. The van der Waals surface area contributed by atoms with Crippen molar-refractivity contribution in [2.24, 2.45) is 0 Å². The van der Waals surface area contributed by atoms with Crippen LogP contribution < -0.4 is 5.32 Å². The number of carbonyl (C=O) groups excluding carboxylic acids is 1. The zero-order valence-electron chi connectivity index (χ0n) is 12.3. The van der Waals surface area contributed by atoms with Crippen LogP contribution in [0.1, 0.15) is 24.8 Å². The number of carbonyl (C=O) groups is 1. The minimum atomic E-state index is -0.0971. The minimum absolute atomic E-state index is 0.0971. The van der Waals surface area contributed by atoms with Crippen LogP contribution in [0.25, 0.3) is 6.08 Å². The van der Waals surface area contributed by atoms with Crippen LogP contribution >= 0.6 is 11.6 Å². The summed E-state index contributed by atoms with van der Waals surface area (Å²) in [6, 6.07) is 7.59. The van der Waals surface area contributed by atoms with E-state index in [1.807, 2.05) is 18.2 Å². The highest BCUT2D eigenvalue weighted by Crippen LogP contribution is 2.26. The lowest BCUT2D eigenvalue weighted by Gasteiger charge is -2.38. The number of nitrogens with one attached hydrogen (secondary N) is 1. The lowest BCUT2D eigenvalue weighted by molar-refractivity contribution is -0.158. The van der Waals surface area contributed by atoms with Crippen molar-refractivity contribution < 1.29 is 14.3 Å². The fourth-order valence-electron chi connectivity index (χ4n) is 3.02. The van der Waals surface area contributed by atoms with E-state index in [-0.39, 0.29) is 24.2 Å². The zero-order valence-corrected chi connectivity index (χ0v) is 13.1. The Labute approximate surface area is 135 Å². The Morgan fingerprint density at radius 1 is 1.18 bits per heavy atom. The van der Waals surface area contributed by atoms with Gasteiger partial charge in [-0.15, -0.1) is 0 Å². The van der Waals surface area contributed by atoms with Crippen LogP contribution in [-0.4, -0.2) is 37.4 Å². The Morgan fingerprint density at radius 3 is 2.77 bits per heavy atom. The van der Waals surface area contributed by atoms with Crippen molar-refractivity contribution in [2.75, 3.05) is 13.2 Å². The average molecular weight is 322 g/mol. The van der Waals surface area contributed by atoms with Gasteiger partial charge < -0.3 is 14.8 Å². The van der Waals surface area contributed by atoms with Crippen molar-refractivity contribution in [2.45, 2.75) is 37.5 Å². The quantitative estimate of drug-likeness (QED) is 0.871. The molecule has 0 bridgehead atoms. The van der Waals surface area contributed by atoms with Crippen LogP contribution in [0.3, 0.4) is 0 Å². The van der Waals surface area contributed by atoms with Gasteiger partial charge in [0.1, 0.15) is 0 Å². The van der Waals surface area contributed by atoms with E-state index in [1.54, 1.807) is 12.1 Å². The minimum Gasteiger partial charge on any atom is -0.373 e. The molecule has 1 saturated heterocycles. The molecule has 0 unspecified atom stereocenters. The van der Waals surface area contributed by atoms with Gasteiger partial charge in [0.05, 0.1) is 25.4 Å². The molecule has 1 amide bonds. The molecule has 4 nitrogen and oxygen atoms in total. The molecule has 5 heteroatoms. The Morgan fingerprint density at radius 2 is 1.95 bits per heavy atom. The molecular weight excluding hydrogens is 302 g/mol. The van der Waals surface area contributed by atoms with Crippen LogP contribution in [0.5, 0.6) is 0 Å². The van der Waals surface area contributed by atoms with Crippen molar-refractivity contribution in [1.82, 2.24) is 5.32 Å². The van der Waals surface area contributed by atoms with Gasteiger partial charge in [-0.05, 0) is 37.0 Å². The van der Waals surface area contributed by atoms with E-state index in [0.717, 1.165) is 24.8 Å². The number of halogens is 1. The van der Waals surface area contributed by atoms with Gasteiger partial charge in [-0.1, -0.05) is 29.8 Å². The van der Waals surface area contributed by atoms with E-state index >= 15 is 0 Å². The van der Waals surface area contributed by atoms with Gasteiger partial charge in [0, 0.05) is 17.1 Å². The number of rotatable bonds is 3. The maximum absolute atomic E-state index is 12.0. The molecule has 1 aliphatic heterocycles. The van der Waals surface area contributed by atoms with Gasteiger partial charge in [-0.2, -0.15) is 0 Å². The number of hydrogen-bond acceptors (Lipinski definition) is 3. The van der Waals surface area contributed by atoms with Crippen molar-refractivity contribution >= 4 is 23.6 Å². The van der Waals surface area contributed by atoms with E-state index in [1.165, 1.54) is 6.08 Å². The topological polar surface area (TPSA) is 47.6 Å². The second-order valence-corrected chi connectivity index (χ2v) is 6.10. The summed E-state index contributed by atoms with van der Waals surface area (Å²) in [6.07, 6.45) is 6.26. The van der Waals surface area contributed by atoms with Gasteiger partial charge in [0.15, 0.2) is 0 Å². The van der Waals surface area contributed by atoms with Crippen molar-refractivity contribution in [3.8, 4) is 0 Å². The molecule has 1 heterocycles. The first-order chi connectivity index (χ1) is 10.7. The van der Waals surface area contributed by atoms with Crippen molar-refractivity contribution in [1.29, 1.82) is 0 Å². The first-order valence-corrected chi connectivity index (χ1v) is 8.06. The zero-order chi connectivity index (χ0) is 15.4. The van der Waals surface area contributed by atoms with Gasteiger partial charge in [-0.3, -0.25) is 4.79 Å². The Bertz CT molecular complexity index is 561. The SMILES string of the molecule is O=C(/C=C/c1ccccc1Cl)N[C@@H]1CC[C@H]2OCCO[C@H]2C1. The number of hydrogen-bond donors (Lipinski definition) is 1. The lowest BCUT2D eigenvalue weighted by Crippen LogP contribution is -2.49. The summed E-state index contributed by atoms with van der Waals surface area (Å²) in [6.45, 7) is 1.33. The normalized spacial score (nSPS) is 28.3. The molecule has 1 N–H and O–H groups in total. The van der Waals surface area contributed by atoms with E-state index in [4.69, 9.17) is 21.1 Å². The first-order valence-electron chi connectivity index (χ1n) is 7.68. The monoisotopic (exact) mass is 321 g/mol. The predicted octanol–water partition coefficient (Wildman–Crippen LogP) is 2.81. The highest BCUT2D eigenvalue weighted by Gasteiger charge is 2.34. The standard InChI is InChI=1S/C17H20ClNO3/c18-14-4-2-1-3-12(14)5-8-17(20)19-13-6-7-15-16(11-13)22-10-9-21-15/h1-5,8,13,15-16H,6-7,9-11H2,(H,19,20)/b8-5+/t13-,15-,16+/m1/s1. The first kappa shape index (κ1) is 15.5. The largest absolute Gasteiger partial charge is 0.373 e. The number of fused-ring (bicyclic) bond motifs is 1. The second-order valence-electron chi connectivity index (χ2n) is 5.69. The molecule has 118 valence electrons. The third kappa shape index (κ3) is 3.88. The summed E-state index contributed by atoms with van der Waals surface area (Å²) in [7, 11) is 0. The Balaban J connectivity index is 1.53. The molecule has 1 aromatic carbocycles. The smallest absolute Gasteiger partial charge is 0.244 e. The third-order valence-corrected chi connectivity index (χ3v) is 4.49. The van der Waals surface area contributed by atoms with Gasteiger partial charge in [0.25, 0.3) is 0 Å². The van der Waals surface area contributed by atoms with Gasteiger partial charge in [-0.25, -0.2) is 0 Å². The molecule has 3 rings (SSSR count). The molecule has 1 saturated carbocycles. The van der Waals surface area contributed by atoms with E-state index in [0.29, 0.717) is 18.2 Å². The van der Waals surface area contributed by atoms with Crippen LogP contribution in [0.4, 0.5) is 0 Å². The summed E-state index contributed by atoms with van der Waals surface area (Å²) in [4.78, 5) is 12.0. The molecule has 2 aliphatic rings. The Kier molecular flexibility index (Phi) is 5.13. The maximum Gasteiger partial charge on any atom is 0.244 e.